The monoisotopic (exact) mass is 241 g/mol. The van der Waals surface area contributed by atoms with Crippen LogP contribution in [-0.2, 0) is 14.3 Å². The number of carbonyl (C=O) groups is 2. The van der Waals surface area contributed by atoms with Gasteiger partial charge in [-0.3, -0.25) is 0 Å². The number of esters is 1. The van der Waals surface area contributed by atoms with Crippen molar-refractivity contribution in [3.05, 3.63) is 12.2 Å². The summed E-state index contributed by atoms with van der Waals surface area (Å²) >= 11 is 0. The lowest BCUT2D eigenvalue weighted by molar-refractivity contribution is -0.134. The molecule has 1 amide bonds. The molecule has 0 aromatic rings. The van der Waals surface area contributed by atoms with E-state index in [1.54, 1.807) is 11.0 Å². The molecule has 1 rings (SSSR count). The first-order valence-corrected chi connectivity index (χ1v) is 5.56. The van der Waals surface area contributed by atoms with Crippen LogP contribution >= 0.6 is 0 Å². The smallest absolute Gasteiger partial charge is 0.410 e. The molecule has 0 aromatic heterocycles. The summed E-state index contributed by atoms with van der Waals surface area (Å²) in [5, 5.41) is 0. The molecule has 0 bridgehead atoms. The first-order valence-electron chi connectivity index (χ1n) is 5.56. The molecular weight excluding hydrogens is 222 g/mol. The zero-order valence-electron chi connectivity index (χ0n) is 10.7. The highest BCUT2D eigenvalue weighted by atomic mass is 16.6. The molecule has 5 nitrogen and oxygen atoms in total. The van der Waals surface area contributed by atoms with Crippen molar-refractivity contribution in [1.82, 2.24) is 4.90 Å². The van der Waals surface area contributed by atoms with Crippen LogP contribution in [0.3, 0.4) is 0 Å². The molecule has 0 unspecified atom stereocenters. The number of likely N-dealkylation sites (tertiary alicyclic amines) is 1. The predicted molar refractivity (Wildman–Crippen MR) is 62.5 cm³/mol. The van der Waals surface area contributed by atoms with Crippen LogP contribution in [0.2, 0.25) is 0 Å². The molecule has 0 aromatic carbocycles. The standard InChI is InChI=1S/C12H19NO4/c1-12(2,3)17-11(15)13-7-9(8-13)5-6-10(14)16-4/h5-6,9H,7-8H2,1-4H3. The summed E-state index contributed by atoms with van der Waals surface area (Å²) in [7, 11) is 1.33. The van der Waals surface area contributed by atoms with Crippen LogP contribution in [0.25, 0.3) is 0 Å². The number of hydrogen-bond donors (Lipinski definition) is 0. The third-order valence-electron chi connectivity index (χ3n) is 2.27. The van der Waals surface area contributed by atoms with Crippen LogP contribution in [-0.4, -0.2) is 42.8 Å². The SMILES string of the molecule is COC(=O)C=CC1CN(C(=O)OC(C)(C)C)C1. The maximum Gasteiger partial charge on any atom is 0.410 e. The fourth-order valence-electron chi connectivity index (χ4n) is 1.39. The van der Waals surface area contributed by atoms with Gasteiger partial charge in [-0.05, 0) is 20.8 Å². The number of methoxy groups -OCH3 is 1. The molecule has 0 radical (unpaired) electrons. The number of hydrogen-bond acceptors (Lipinski definition) is 4. The van der Waals surface area contributed by atoms with Gasteiger partial charge in [0.05, 0.1) is 7.11 Å². The fraction of sp³-hybridized carbons (Fsp3) is 0.667. The number of rotatable bonds is 2. The zero-order chi connectivity index (χ0) is 13.1. The van der Waals surface area contributed by atoms with Gasteiger partial charge in [0.25, 0.3) is 0 Å². The quantitative estimate of drug-likeness (QED) is 0.544. The van der Waals surface area contributed by atoms with Crippen molar-refractivity contribution in [3.63, 3.8) is 0 Å². The number of amides is 1. The number of nitrogens with zero attached hydrogens (tertiary/aromatic N) is 1. The van der Waals surface area contributed by atoms with Crippen LogP contribution in [0.15, 0.2) is 12.2 Å². The Morgan fingerprint density at radius 1 is 1.29 bits per heavy atom. The largest absolute Gasteiger partial charge is 0.466 e. The highest BCUT2D eigenvalue weighted by Crippen LogP contribution is 2.20. The highest BCUT2D eigenvalue weighted by Gasteiger charge is 2.32. The Hall–Kier alpha value is -1.52. The second-order valence-corrected chi connectivity index (χ2v) is 5.03. The van der Waals surface area contributed by atoms with Crippen LogP contribution in [0, 0.1) is 5.92 Å². The van der Waals surface area contributed by atoms with Gasteiger partial charge in [-0.2, -0.15) is 0 Å². The van der Waals surface area contributed by atoms with Gasteiger partial charge in [0, 0.05) is 25.1 Å². The first-order chi connectivity index (χ1) is 7.81. The Bertz CT molecular complexity index is 324. The van der Waals surface area contributed by atoms with Crippen molar-refractivity contribution in [2.45, 2.75) is 26.4 Å². The summed E-state index contributed by atoms with van der Waals surface area (Å²) < 4.78 is 9.69. The molecule has 0 atom stereocenters. The molecule has 1 heterocycles. The molecule has 0 aliphatic carbocycles. The van der Waals surface area contributed by atoms with E-state index in [0.29, 0.717) is 13.1 Å². The molecule has 1 aliphatic heterocycles. The van der Waals surface area contributed by atoms with Crippen LogP contribution < -0.4 is 0 Å². The Balaban J connectivity index is 2.30. The molecule has 0 spiro atoms. The third-order valence-corrected chi connectivity index (χ3v) is 2.27. The van der Waals surface area contributed by atoms with Crippen molar-refractivity contribution in [2.24, 2.45) is 5.92 Å². The molecule has 0 saturated carbocycles. The van der Waals surface area contributed by atoms with Gasteiger partial charge in [0.2, 0.25) is 0 Å². The first kappa shape index (κ1) is 13.5. The summed E-state index contributed by atoms with van der Waals surface area (Å²) in [6, 6.07) is 0. The van der Waals surface area contributed by atoms with Crippen LogP contribution in [0.4, 0.5) is 4.79 Å². The van der Waals surface area contributed by atoms with Gasteiger partial charge in [-0.1, -0.05) is 6.08 Å². The van der Waals surface area contributed by atoms with Gasteiger partial charge in [0.15, 0.2) is 0 Å². The normalized spacial score (nSPS) is 16.8. The minimum absolute atomic E-state index is 0.210. The van der Waals surface area contributed by atoms with E-state index in [4.69, 9.17) is 4.74 Å². The van der Waals surface area contributed by atoms with Gasteiger partial charge in [0.1, 0.15) is 5.60 Å². The Morgan fingerprint density at radius 2 is 1.88 bits per heavy atom. The van der Waals surface area contributed by atoms with Crippen molar-refractivity contribution in [3.8, 4) is 0 Å². The Morgan fingerprint density at radius 3 is 2.35 bits per heavy atom. The lowest BCUT2D eigenvalue weighted by atomic mass is 10.0. The summed E-state index contributed by atoms with van der Waals surface area (Å²) in [6.07, 6.45) is 2.84. The zero-order valence-corrected chi connectivity index (χ0v) is 10.7. The predicted octanol–water partition coefficient (Wildman–Crippen LogP) is 1.58. The second kappa shape index (κ2) is 5.21. The van der Waals surface area contributed by atoms with Crippen molar-refractivity contribution in [2.75, 3.05) is 20.2 Å². The molecular formula is C12H19NO4. The molecule has 0 N–H and O–H groups in total. The van der Waals surface area contributed by atoms with E-state index in [1.165, 1.54) is 13.2 Å². The molecule has 5 heteroatoms. The van der Waals surface area contributed by atoms with E-state index in [9.17, 15) is 9.59 Å². The maximum atomic E-state index is 11.6. The summed E-state index contributed by atoms with van der Waals surface area (Å²) in [6.45, 7) is 6.67. The summed E-state index contributed by atoms with van der Waals surface area (Å²) in [5.74, 6) is -0.165. The van der Waals surface area contributed by atoms with E-state index >= 15 is 0 Å². The van der Waals surface area contributed by atoms with E-state index in [-0.39, 0.29) is 18.0 Å². The minimum atomic E-state index is -0.468. The average Bonchev–Trinajstić information content (AvgIpc) is 2.11. The highest BCUT2D eigenvalue weighted by molar-refractivity contribution is 5.81. The van der Waals surface area contributed by atoms with Gasteiger partial charge in [-0.15, -0.1) is 0 Å². The number of ether oxygens (including phenoxy) is 2. The van der Waals surface area contributed by atoms with Crippen LogP contribution in [0.1, 0.15) is 20.8 Å². The summed E-state index contributed by atoms with van der Waals surface area (Å²) in [5.41, 5.74) is -0.468. The second-order valence-electron chi connectivity index (χ2n) is 5.03. The van der Waals surface area contributed by atoms with Gasteiger partial charge >= 0.3 is 12.1 Å². The number of carbonyl (C=O) groups excluding carboxylic acids is 2. The van der Waals surface area contributed by atoms with E-state index in [2.05, 4.69) is 4.74 Å². The molecule has 1 aliphatic rings. The molecule has 1 fully saturated rings. The Labute approximate surface area is 101 Å². The van der Waals surface area contributed by atoms with Crippen molar-refractivity contribution < 1.29 is 19.1 Å². The lowest BCUT2D eigenvalue weighted by Gasteiger charge is -2.38. The van der Waals surface area contributed by atoms with Crippen molar-refractivity contribution in [1.29, 1.82) is 0 Å². The molecule has 17 heavy (non-hydrogen) atoms. The maximum absolute atomic E-state index is 11.6. The molecule has 1 saturated heterocycles. The van der Waals surface area contributed by atoms with E-state index in [0.717, 1.165) is 0 Å². The fourth-order valence-corrected chi connectivity index (χ4v) is 1.39. The molecule has 96 valence electrons. The average molecular weight is 241 g/mol. The summed E-state index contributed by atoms with van der Waals surface area (Å²) in [4.78, 5) is 24.0. The van der Waals surface area contributed by atoms with Crippen LogP contribution in [0.5, 0.6) is 0 Å². The van der Waals surface area contributed by atoms with E-state index in [1.807, 2.05) is 20.8 Å². The third kappa shape index (κ3) is 4.46. The van der Waals surface area contributed by atoms with Crippen molar-refractivity contribution >= 4 is 12.1 Å². The van der Waals surface area contributed by atoms with Gasteiger partial charge in [-0.25, -0.2) is 9.59 Å². The van der Waals surface area contributed by atoms with Gasteiger partial charge < -0.3 is 14.4 Å². The topological polar surface area (TPSA) is 55.8 Å². The lowest BCUT2D eigenvalue weighted by Crippen LogP contribution is -2.50. The Kier molecular flexibility index (Phi) is 4.15. The van der Waals surface area contributed by atoms with E-state index < -0.39 is 5.60 Å². The minimum Gasteiger partial charge on any atom is -0.466 e.